The molecule has 1 atom stereocenters. The number of amides is 1. The third-order valence-corrected chi connectivity index (χ3v) is 3.60. The molecule has 1 N–H and O–H groups in total. The van der Waals surface area contributed by atoms with E-state index in [1.165, 1.54) is 12.1 Å². The minimum atomic E-state index is -0.239. The van der Waals surface area contributed by atoms with E-state index in [-0.39, 0.29) is 17.8 Å². The lowest BCUT2D eigenvalue weighted by Crippen LogP contribution is -2.46. The molecule has 98 valence electrons. The van der Waals surface area contributed by atoms with Crippen molar-refractivity contribution < 1.29 is 9.18 Å². The average molecular weight is 315 g/mol. The van der Waals surface area contributed by atoms with Crippen molar-refractivity contribution in [3.8, 4) is 0 Å². The maximum Gasteiger partial charge on any atom is 0.222 e. The van der Waals surface area contributed by atoms with E-state index >= 15 is 0 Å². The number of halogens is 2. The van der Waals surface area contributed by atoms with Crippen molar-refractivity contribution in [2.45, 2.75) is 25.4 Å². The smallest absolute Gasteiger partial charge is 0.222 e. The zero-order valence-corrected chi connectivity index (χ0v) is 11.8. The van der Waals surface area contributed by atoms with Crippen molar-refractivity contribution in [3.05, 3.63) is 34.1 Å². The quantitative estimate of drug-likeness (QED) is 0.928. The SMILES string of the molecule is CN1CC(NCc2cc(F)cc(Br)c2)CCC1=O. The van der Waals surface area contributed by atoms with Crippen LogP contribution in [-0.4, -0.2) is 30.4 Å². The van der Waals surface area contributed by atoms with E-state index in [1.807, 2.05) is 13.1 Å². The van der Waals surface area contributed by atoms with Crippen LogP contribution in [-0.2, 0) is 11.3 Å². The van der Waals surface area contributed by atoms with E-state index in [0.29, 0.717) is 13.0 Å². The summed E-state index contributed by atoms with van der Waals surface area (Å²) >= 11 is 3.28. The Morgan fingerprint density at radius 1 is 1.50 bits per heavy atom. The number of likely N-dealkylation sites (N-methyl/N-ethyl adjacent to an activating group) is 1. The van der Waals surface area contributed by atoms with Gasteiger partial charge >= 0.3 is 0 Å². The third kappa shape index (κ3) is 3.53. The number of carbonyl (C=O) groups is 1. The van der Waals surface area contributed by atoms with Gasteiger partial charge in [0.1, 0.15) is 5.82 Å². The van der Waals surface area contributed by atoms with Gasteiger partial charge in [-0.2, -0.15) is 0 Å². The first-order chi connectivity index (χ1) is 8.54. The highest BCUT2D eigenvalue weighted by molar-refractivity contribution is 9.10. The topological polar surface area (TPSA) is 32.3 Å². The molecule has 1 unspecified atom stereocenters. The minimum Gasteiger partial charge on any atom is -0.344 e. The summed E-state index contributed by atoms with van der Waals surface area (Å²) in [7, 11) is 1.81. The largest absolute Gasteiger partial charge is 0.344 e. The fraction of sp³-hybridized carbons (Fsp3) is 0.462. The van der Waals surface area contributed by atoms with Gasteiger partial charge in [0.2, 0.25) is 5.91 Å². The van der Waals surface area contributed by atoms with Crippen molar-refractivity contribution in [3.63, 3.8) is 0 Å². The van der Waals surface area contributed by atoms with Gasteiger partial charge in [-0.3, -0.25) is 4.79 Å². The van der Waals surface area contributed by atoms with E-state index in [9.17, 15) is 9.18 Å². The van der Waals surface area contributed by atoms with Crippen LogP contribution in [0.4, 0.5) is 4.39 Å². The normalized spacial score (nSPS) is 20.3. The summed E-state index contributed by atoms with van der Waals surface area (Å²) in [6.45, 7) is 1.33. The van der Waals surface area contributed by atoms with Crippen LogP contribution in [0, 0.1) is 5.82 Å². The van der Waals surface area contributed by atoms with E-state index in [4.69, 9.17) is 0 Å². The Bertz CT molecular complexity index is 432. The Balaban J connectivity index is 1.89. The molecule has 3 nitrogen and oxygen atoms in total. The van der Waals surface area contributed by atoms with Crippen molar-refractivity contribution in [2.24, 2.45) is 0 Å². The Kier molecular flexibility index (Phi) is 4.35. The Morgan fingerprint density at radius 3 is 2.94 bits per heavy atom. The first kappa shape index (κ1) is 13.5. The molecule has 2 rings (SSSR count). The fourth-order valence-corrected chi connectivity index (χ4v) is 2.67. The molecule has 1 amide bonds. The maximum absolute atomic E-state index is 13.2. The second kappa shape index (κ2) is 5.80. The van der Waals surface area contributed by atoms with Crippen molar-refractivity contribution in [1.29, 1.82) is 0 Å². The van der Waals surface area contributed by atoms with Gasteiger partial charge in [-0.05, 0) is 30.2 Å². The second-order valence-corrected chi connectivity index (χ2v) is 5.58. The second-order valence-electron chi connectivity index (χ2n) is 4.67. The summed E-state index contributed by atoms with van der Waals surface area (Å²) < 4.78 is 13.9. The van der Waals surface area contributed by atoms with E-state index in [0.717, 1.165) is 23.0 Å². The van der Waals surface area contributed by atoms with Gasteiger partial charge in [-0.25, -0.2) is 4.39 Å². The van der Waals surface area contributed by atoms with E-state index < -0.39 is 0 Å². The van der Waals surface area contributed by atoms with Gasteiger partial charge in [-0.15, -0.1) is 0 Å². The maximum atomic E-state index is 13.2. The van der Waals surface area contributed by atoms with Crippen LogP contribution < -0.4 is 5.32 Å². The first-order valence-corrected chi connectivity index (χ1v) is 6.76. The molecule has 0 spiro atoms. The zero-order valence-electron chi connectivity index (χ0n) is 10.2. The highest BCUT2D eigenvalue weighted by Crippen LogP contribution is 2.16. The van der Waals surface area contributed by atoms with Crippen LogP contribution in [0.3, 0.4) is 0 Å². The minimum absolute atomic E-state index is 0.196. The summed E-state index contributed by atoms with van der Waals surface area (Å²) in [4.78, 5) is 13.1. The lowest BCUT2D eigenvalue weighted by Gasteiger charge is -2.30. The highest BCUT2D eigenvalue weighted by Gasteiger charge is 2.22. The van der Waals surface area contributed by atoms with Crippen molar-refractivity contribution >= 4 is 21.8 Å². The molecular weight excluding hydrogens is 299 g/mol. The summed E-state index contributed by atoms with van der Waals surface area (Å²) in [5, 5.41) is 3.36. The lowest BCUT2D eigenvalue weighted by molar-refractivity contribution is -0.132. The summed E-state index contributed by atoms with van der Waals surface area (Å²) in [5.41, 5.74) is 0.904. The summed E-state index contributed by atoms with van der Waals surface area (Å²) in [6, 6.07) is 5.15. The molecule has 0 bridgehead atoms. The Morgan fingerprint density at radius 2 is 2.28 bits per heavy atom. The lowest BCUT2D eigenvalue weighted by atomic mass is 10.1. The Labute approximate surface area is 114 Å². The fourth-order valence-electron chi connectivity index (χ4n) is 2.15. The Hall–Kier alpha value is -0.940. The number of hydrogen-bond donors (Lipinski definition) is 1. The number of hydrogen-bond acceptors (Lipinski definition) is 2. The first-order valence-electron chi connectivity index (χ1n) is 5.97. The number of nitrogens with one attached hydrogen (secondary N) is 1. The molecule has 0 radical (unpaired) electrons. The van der Waals surface area contributed by atoms with Crippen LogP contribution in [0.5, 0.6) is 0 Å². The van der Waals surface area contributed by atoms with E-state index in [1.54, 1.807) is 4.90 Å². The molecule has 18 heavy (non-hydrogen) atoms. The van der Waals surface area contributed by atoms with Crippen LogP contribution in [0.25, 0.3) is 0 Å². The average Bonchev–Trinajstić information content (AvgIpc) is 2.29. The monoisotopic (exact) mass is 314 g/mol. The molecule has 1 fully saturated rings. The van der Waals surface area contributed by atoms with Gasteiger partial charge in [0.25, 0.3) is 0 Å². The van der Waals surface area contributed by atoms with Crippen molar-refractivity contribution in [1.82, 2.24) is 10.2 Å². The standard InChI is InChI=1S/C13H16BrFN2O/c1-17-8-12(2-3-13(17)18)16-7-9-4-10(14)6-11(15)5-9/h4-6,12,16H,2-3,7-8H2,1H3. The van der Waals surface area contributed by atoms with Crippen LogP contribution in [0.2, 0.25) is 0 Å². The molecule has 0 aliphatic carbocycles. The van der Waals surface area contributed by atoms with Crippen molar-refractivity contribution in [2.75, 3.05) is 13.6 Å². The van der Waals surface area contributed by atoms with Crippen LogP contribution in [0.15, 0.2) is 22.7 Å². The molecule has 1 aliphatic rings. The zero-order chi connectivity index (χ0) is 13.1. The number of nitrogens with zero attached hydrogens (tertiary/aromatic N) is 1. The molecule has 1 aromatic rings. The van der Waals surface area contributed by atoms with Gasteiger partial charge in [0, 0.05) is 37.1 Å². The molecular formula is C13H16BrFN2O. The third-order valence-electron chi connectivity index (χ3n) is 3.14. The van der Waals surface area contributed by atoms with Gasteiger partial charge in [0.05, 0.1) is 0 Å². The molecule has 1 heterocycles. The molecule has 5 heteroatoms. The number of benzene rings is 1. The predicted octanol–water partition coefficient (Wildman–Crippen LogP) is 2.30. The summed E-state index contributed by atoms with van der Waals surface area (Å²) in [6.07, 6.45) is 1.43. The van der Waals surface area contributed by atoms with Gasteiger partial charge < -0.3 is 10.2 Å². The molecule has 1 aromatic carbocycles. The summed E-state index contributed by atoms with van der Waals surface area (Å²) in [5.74, 6) is -0.0429. The highest BCUT2D eigenvalue weighted by atomic mass is 79.9. The van der Waals surface area contributed by atoms with Crippen LogP contribution in [0.1, 0.15) is 18.4 Å². The molecule has 1 aliphatic heterocycles. The molecule has 0 saturated carbocycles. The number of piperidine rings is 1. The van der Waals surface area contributed by atoms with Crippen LogP contribution >= 0.6 is 15.9 Å². The number of carbonyl (C=O) groups excluding carboxylic acids is 1. The predicted molar refractivity (Wildman–Crippen MR) is 71.6 cm³/mol. The van der Waals surface area contributed by atoms with E-state index in [2.05, 4.69) is 21.2 Å². The molecule has 0 aromatic heterocycles. The van der Waals surface area contributed by atoms with Gasteiger partial charge in [0.15, 0.2) is 0 Å². The van der Waals surface area contributed by atoms with Gasteiger partial charge in [-0.1, -0.05) is 15.9 Å². The number of likely N-dealkylation sites (tertiary alicyclic amines) is 1. The number of rotatable bonds is 3. The molecule has 1 saturated heterocycles.